The van der Waals surface area contributed by atoms with E-state index in [9.17, 15) is 13.2 Å². The number of hydrogen-bond donors (Lipinski definition) is 3. The summed E-state index contributed by atoms with van der Waals surface area (Å²) < 4.78 is 24.0. The molecule has 0 amide bonds. The molecule has 0 radical (unpaired) electrons. The third-order valence-corrected chi connectivity index (χ3v) is 3.18. The fourth-order valence-corrected chi connectivity index (χ4v) is 1.88. The van der Waals surface area contributed by atoms with Gasteiger partial charge in [0, 0.05) is 13.1 Å². The van der Waals surface area contributed by atoms with E-state index in [1.54, 1.807) is 13.8 Å². The number of hydrogen-bond acceptors (Lipinski definition) is 6. The van der Waals surface area contributed by atoms with E-state index in [4.69, 9.17) is 5.11 Å². The van der Waals surface area contributed by atoms with Gasteiger partial charge in [-0.3, -0.25) is 0 Å². The zero-order valence-corrected chi connectivity index (χ0v) is 11.7. The molecule has 9 heteroatoms. The van der Waals surface area contributed by atoms with Gasteiger partial charge in [0.05, 0.1) is 11.9 Å². The van der Waals surface area contributed by atoms with Crippen LogP contribution >= 0.6 is 0 Å². The van der Waals surface area contributed by atoms with Crippen LogP contribution in [0, 0.1) is 13.8 Å². The van der Waals surface area contributed by atoms with E-state index in [0.29, 0.717) is 11.3 Å². The highest BCUT2D eigenvalue weighted by Gasteiger charge is 2.17. The standard InChI is InChI=1S/C10H16N4O4S/c1-6-7(2)13-14-9(8(6)10(15)16)11-4-5-12-19(3,17)18/h12H,4-5H2,1-3H3,(H,11,14)(H,15,16). The van der Waals surface area contributed by atoms with Gasteiger partial charge >= 0.3 is 5.97 Å². The lowest BCUT2D eigenvalue weighted by molar-refractivity contribution is 0.0696. The van der Waals surface area contributed by atoms with Gasteiger partial charge in [-0.25, -0.2) is 17.9 Å². The van der Waals surface area contributed by atoms with Gasteiger partial charge in [0.25, 0.3) is 0 Å². The summed E-state index contributed by atoms with van der Waals surface area (Å²) in [6.45, 7) is 3.66. The largest absolute Gasteiger partial charge is 0.478 e. The van der Waals surface area contributed by atoms with Crippen molar-refractivity contribution in [1.82, 2.24) is 14.9 Å². The Kier molecular flexibility index (Phi) is 4.78. The van der Waals surface area contributed by atoms with Gasteiger partial charge in [-0.2, -0.15) is 5.10 Å². The Hall–Kier alpha value is -1.74. The number of carboxylic acid groups (broad SMARTS) is 1. The molecule has 0 aliphatic rings. The second-order valence-corrected chi connectivity index (χ2v) is 5.87. The smallest absolute Gasteiger partial charge is 0.339 e. The predicted octanol–water partition coefficient (Wildman–Crippen LogP) is -0.247. The Bertz CT molecular complexity index is 585. The number of rotatable bonds is 6. The second kappa shape index (κ2) is 5.93. The van der Waals surface area contributed by atoms with Crippen molar-refractivity contribution in [2.75, 3.05) is 24.7 Å². The van der Waals surface area contributed by atoms with E-state index in [1.165, 1.54) is 0 Å². The Labute approximate surface area is 111 Å². The van der Waals surface area contributed by atoms with Crippen LogP contribution in [0.25, 0.3) is 0 Å². The summed E-state index contributed by atoms with van der Waals surface area (Å²) in [5.41, 5.74) is 1.12. The first-order valence-corrected chi connectivity index (χ1v) is 7.37. The first kappa shape index (κ1) is 15.3. The molecule has 106 valence electrons. The number of nitrogens with zero attached hydrogens (tertiary/aromatic N) is 2. The van der Waals surface area contributed by atoms with Gasteiger partial charge < -0.3 is 10.4 Å². The minimum absolute atomic E-state index is 0.0480. The molecule has 0 unspecified atom stereocenters. The molecule has 0 fully saturated rings. The van der Waals surface area contributed by atoms with Crippen molar-refractivity contribution >= 4 is 21.8 Å². The molecule has 3 N–H and O–H groups in total. The number of sulfonamides is 1. The highest BCUT2D eigenvalue weighted by atomic mass is 32.2. The second-order valence-electron chi connectivity index (χ2n) is 4.03. The lowest BCUT2D eigenvalue weighted by Crippen LogP contribution is -2.28. The van der Waals surface area contributed by atoms with E-state index < -0.39 is 16.0 Å². The molecule has 0 atom stereocenters. The van der Waals surface area contributed by atoms with Crippen molar-refractivity contribution in [3.05, 3.63) is 16.8 Å². The SMILES string of the molecule is Cc1nnc(NCCNS(C)(=O)=O)c(C(=O)O)c1C. The van der Waals surface area contributed by atoms with Crippen molar-refractivity contribution < 1.29 is 18.3 Å². The van der Waals surface area contributed by atoms with Crippen LogP contribution in [0.4, 0.5) is 5.82 Å². The molecule has 0 aliphatic carbocycles. The highest BCUT2D eigenvalue weighted by molar-refractivity contribution is 7.88. The molecule has 0 aliphatic heterocycles. The number of anilines is 1. The molecule has 0 saturated heterocycles. The number of carbonyl (C=O) groups is 1. The maximum Gasteiger partial charge on any atom is 0.339 e. The van der Waals surface area contributed by atoms with Crippen molar-refractivity contribution in [3.63, 3.8) is 0 Å². The van der Waals surface area contributed by atoms with Crippen LogP contribution in [0.15, 0.2) is 0 Å². The minimum atomic E-state index is -3.26. The molecule has 1 aromatic heterocycles. The van der Waals surface area contributed by atoms with Crippen LogP contribution in [-0.2, 0) is 10.0 Å². The fraction of sp³-hybridized carbons (Fsp3) is 0.500. The number of nitrogens with one attached hydrogen (secondary N) is 2. The molecule has 1 aromatic rings. The summed E-state index contributed by atoms with van der Waals surface area (Å²) in [6, 6.07) is 0. The van der Waals surface area contributed by atoms with E-state index in [-0.39, 0.29) is 24.5 Å². The number of aromatic carboxylic acids is 1. The molecular formula is C10H16N4O4S. The van der Waals surface area contributed by atoms with Gasteiger partial charge in [0.2, 0.25) is 10.0 Å². The molecule has 1 rings (SSSR count). The lowest BCUT2D eigenvalue weighted by atomic mass is 10.1. The summed E-state index contributed by atoms with van der Waals surface area (Å²) in [6.07, 6.45) is 1.05. The van der Waals surface area contributed by atoms with Crippen LogP contribution in [0.5, 0.6) is 0 Å². The molecule has 0 spiro atoms. The topological polar surface area (TPSA) is 121 Å². The molecule has 1 heterocycles. The van der Waals surface area contributed by atoms with Crippen molar-refractivity contribution in [2.45, 2.75) is 13.8 Å². The maximum atomic E-state index is 11.2. The van der Waals surface area contributed by atoms with Crippen LogP contribution in [-0.4, -0.2) is 49.0 Å². The van der Waals surface area contributed by atoms with Crippen LogP contribution < -0.4 is 10.0 Å². The summed E-state index contributed by atoms with van der Waals surface area (Å²) in [5, 5.41) is 19.5. The quantitative estimate of drug-likeness (QED) is 0.617. The number of aromatic nitrogens is 2. The Morgan fingerprint density at radius 1 is 1.26 bits per heavy atom. The molecule has 8 nitrogen and oxygen atoms in total. The summed E-state index contributed by atoms with van der Waals surface area (Å²) in [5.74, 6) is -0.972. The van der Waals surface area contributed by atoms with Crippen LogP contribution in [0.1, 0.15) is 21.6 Å². The van der Waals surface area contributed by atoms with E-state index in [0.717, 1.165) is 6.26 Å². The lowest BCUT2D eigenvalue weighted by Gasteiger charge is -2.11. The third-order valence-electron chi connectivity index (χ3n) is 2.45. The highest BCUT2D eigenvalue weighted by Crippen LogP contribution is 2.17. The van der Waals surface area contributed by atoms with E-state index in [2.05, 4.69) is 20.2 Å². The van der Waals surface area contributed by atoms with Crippen LogP contribution in [0.3, 0.4) is 0 Å². The van der Waals surface area contributed by atoms with Crippen LogP contribution in [0.2, 0.25) is 0 Å². The predicted molar refractivity (Wildman–Crippen MR) is 69.8 cm³/mol. The summed E-state index contributed by atoms with van der Waals surface area (Å²) >= 11 is 0. The Morgan fingerprint density at radius 3 is 2.42 bits per heavy atom. The fourth-order valence-electron chi connectivity index (χ4n) is 1.41. The van der Waals surface area contributed by atoms with Crippen molar-refractivity contribution in [3.8, 4) is 0 Å². The summed E-state index contributed by atoms with van der Waals surface area (Å²) in [4.78, 5) is 11.2. The minimum Gasteiger partial charge on any atom is -0.478 e. The monoisotopic (exact) mass is 288 g/mol. The third kappa shape index (κ3) is 4.45. The first-order chi connectivity index (χ1) is 8.72. The molecule has 19 heavy (non-hydrogen) atoms. The van der Waals surface area contributed by atoms with Gasteiger partial charge in [0.1, 0.15) is 5.56 Å². The zero-order chi connectivity index (χ0) is 14.6. The summed E-state index contributed by atoms with van der Waals surface area (Å²) in [7, 11) is -3.26. The van der Waals surface area contributed by atoms with Gasteiger partial charge in [-0.15, -0.1) is 5.10 Å². The molecular weight excluding hydrogens is 272 g/mol. The van der Waals surface area contributed by atoms with Gasteiger partial charge in [-0.05, 0) is 19.4 Å². The van der Waals surface area contributed by atoms with Crippen molar-refractivity contribution in [1.29, 1.82) is 0 Å². The Morgan fingerprint density at radius 2 is 1.89 bits per heavy atom. The van der Waals surface area contributed by atoms with E-state index in [1.807, 2.05) is 0 Å². The normalized spacial score (nSPS) is 11.3. The number of aryl methyl sites for hydroxylation is 1. The van der Waals surface area contributed by atoms with E-state index >= 15 is 0 Å². The van der Waals surface area contributed by atoms with Gasteiger partial charge in [0.15, 0.2) is 5.82 Å². The Balaban J connectivity index is 2.79. The molecule has 0 aromatic carbocycles. The zero-order valence-electron chi connectivity index (χ0n) is 10.9. The maximum absolute atomic E-state index is 11.2. The average Bonchev–Trinajstić information content (AvgIpc) is 2.27. The number of carboxylic acids is 1. The van der Waals surface area contributed by atoms with Gasteiger partial charge in [-0.1, -0.05) is 0 Å². The average molecular weight is 288 g/mol. The van der Waals surface area contributed by atoms with Crippen molar-refractivity contribution in [2.24, 2.45) is 0 Å². The first-order valence-electron chi connectivity index (χ1n) is 5.48. The molecule has 0 saturated carbocycles. The molecule has 0 bridgehead atoms.